The first-order valence-corrected chi connectivity index (χ1v) is 10.9. The number of aryl methyl sites for hydroxylation is 2. The summed E-state index contributed by atoms with van der Waals surface area (Å²) in [5.74, 6) is 1.36. The van der Waals surface area contributed by atoms with Gasteiger partial charge in [0.2, 0.25) is 5.91 Å². The van der Waals surface area contributed by atoms with Crippen LogP contribution in [0, 0.1) is 25.7 Å². The molecule has 1 saturated carbocycles. The minimum atomic E-state index is -0.532. The zero-order valence-corrected chi connectivity index (χ0v) is 18.0. The lowest BCUT2D eigenvalue weighted by Gasteiger charge is -2.37. The van der Waals surface area contributed by atoms with Crippen molar-refractivity contribution in [2.45, 2.75) is 71.6 Å². The molecule has 1 amide bonds. The second-order valence-corrected chi connectivity index (χ2v) is 9.20. The monoisotopic (exact) mass is 396 g/mol. The van der Waals surface area contributed by atoms with E-state index in [9.17, 15) is 9.90 Å². The van der Waals surface area contributed by atoms with Crippen LogP contribution in [0.25, 0.3) is 11.1 Å². The van der Waals surface area contributed by atoms with Crippen molar-refractivity contribution in [1.29, 1.82) is 0 Å². The van der Waals surface area contributed by atoms with Crippen molar-refractivity contribution in [2.75, 3.05) is 11.9 Å². The van der Waals surface area contributed by atoms with Crippen molar-refractivity contribution in [3.05, 3.63) is 34.7 Å². The van der Waals surface area contributed by atoms with Crippen LogP contribution in [-0.2, 0) is 16.6 Å². The SMILES string of the molecule is Cc1noc(C)c1-c1ccc2c(c1C[C@@H](C)CO)C(C)(C1CCCCC1)C(=O)N2. The van der Waals surface area contributed by atoms with Gasteiger partial charge in [-0.15, -0.1) is 0 Å². The van der Waals surface area contributed by atoms with Crippen LogP contribution in [0.5, 0.6) is 0 Å². The molecule has 4 rings (SSSR count). The summed E-state index contributed by atoms with van der Waals surface area (Å²) < 4.78 is 5.46. The minimum absolute atomic E-state index is 0.104. The number of hydrogen-bond donors (Lipinski definition) is 2. The van der Waals surface area contributed by atoms with E-state index in [-0.39, 0.29) is 18.4 Å². The van der Waals surface area contributed by atoms with Gasteiger partial charge in [-0.3, -0.25) is 4.79 Å². The second-order valence-electron chi connectivity index (χ2n) is 9.20. The van der Waals surface area contributed by atoms with Crippen LogP contribution in [0.3, 0.4) is 0 Å². The molecule has 29 heavy (non-hydrogen) atoms. The van der Waals surface area contributed by atoms with E-state index in [1.165, 1.54) is 19.3 Å². The van der Waals surface area contributed by atoms with Gasteiger partial charge in [-0.05, 0) is 74.6 Å². The molecule has 2 atom stereocenters. The molecule has 156 valence electrons. The van der Waals surface area contributed by atoms with Crippen LogP contribution in [0.1, 0.15) is 68.5 Å². The van der Waals surface area contributed by atoms with E-state index in [0.29, 0.717) is 5.92 Å². The third-order valence-electron chi connectivity index (χ3n) is 7.14. The summed E-state index contributed by atoms with van der Waals surface area (Å²) in [5, 5.41) is 17.1. The summed E-state index contributed by atoms with van der Waals surface area (Å²) in [6, 6.07) is 4.12. The zero-order chi connectivity index (χ0) is 20.8. The summed E-state index contributed by atoms with van der Waals surface area (Å²) >= 11 is 0. The first-order chi connectivity index (χ1) is 13.9. The van der Waals surface area contributed by atoms with Crippen LogP contribution >= 0.6 is 0 Å². The van der Waals surface area contributed by atoms with Crippen molar-refractivity contribution in [1.82, 2.24) is 5.16 Å². The largest absolute Gasteiger partial charge is 0.396 e. The fraction of sp³-hybridized carbons (Fsp3) is 0.583. The summed E-state index contributed by atoms with van der Waals surface area (Å²) in [7, 11) is 0. The predicted molar refractivity (Wildman–Crippen MR) is 114 cm³/mol. The van der Waals surface area contributed by atoms with Gasteiger partial charge >= 0.3 is 0 Å². The van der Waals surface area contributed by atoms with Gasteiger partial charge in [0.1, 0.15) is 5.76 Å². The van der Waals surface area contributed by atoms with Crippen molar-refractivity contribution in [2.24, 2.45) is 11.8 Å². The van der Waals surface area contributed by atoms with Crippen LogP contribution in [0.2, 0.25) is 0 Å². The number of rotatable bonds is 5. The van der Waals surface area contributed by atoms with E-state index in [1.54, 1.807) is 0 Å². The smallest absolute Gasteiger partial charge is 0.235 e. The molecule has 1 unspecified atom stereocenters. The van der Waals surface area contributed by atoms with E-state index in [2.05, 4.69) is 30.4 Å². The highest BCUT2D eigenvalue weighted by atomic mass is 16.5. The number of carbonyl (C=O) groups excluding carboxylic acids is 1. The van der Waals surface area contributed by atoms with Crippen molar-refractivity contribution >= 4 is 11.6 Å². The van der Waals surface area contributed by atoms with Crippen molar-refractivity contribution in [3.63, 3.8) is 0 Å². The zero-order valence-electron chi connectivity index (χ0n) is 18.0. The van der Waals surface area contributed by atoms with Gasteiger partial charge in [-0.2, -0.15) is 0 Å². The topological polar surface area (TPSA) is 75.4 Å². The average Bonchev–Trinajstić information content (AvgIpc) is 3.19. The number of amides is 1. The standard InChI is InChI=1S/C24H32N2O3/c1-14(13-27)12-19-18(21-15(2)26-29-16(21)3)10-11-20-22(19)24(4,23(28)25-20)17-8-6-5-7-9-17/h10-11,14,17,27H,5-9,12-13H2,1-4H3,(H,25,28)/t14-,24?/m1/s1. The fourth-order valence-electron chi connectivity index (χ4n) is 5.51. The Balaban J connectivity index is 1.95. The molecule has 1 aromatic carbocycles. The number of aliphatic hydroxyl groups is 1. The van der Waals surface area contributed by atoms with Gasteiger partial charge in [0.25, 0.3) is 0 Å². The molecule has 0 radical (unpaired) electrons. The van der Waals surface area contributed by atoms with Gasteiger partial charge in [-0.1, -0.05) is 37.4 Å². The molecule has 1 aliphatic carbocycles. The number of benzene rings is 1. The maximum absolute atomic E-state index is 13.3. The van der Waals surface area contributed by atoms with Crippen molar-refractivity contribution in [3.8, 4) is 11.1 Å². The third-order valence-corrected chi connectivity index (χ3v) is 7.14. The Morgan fingerprint density at radius 3 is 2.62 bits per heavy atom. The molecule has 0 bridgehead atoms. The Hall–Kier alpha value is -2.14. The number of carbonyl (C=O) groups is 1. The molecule has 1 aromatic heterocycles. The highest BCUT2D eigenvalue weighted by Crippen LogP contribution is 2.51. The van der Waals surface area contributed by atoms with Crippen LogP contribution in [-0.4, -0.2) is 22.8 Å². The number of hydrogen-bond acceptors (Lipinski definition) is 4. The normalized spacial score (nSPS) is 23.1. The third kappa shape index (κ3) is 3.20. The molecular formula is C24H32N2O3. The van der Waals surface area contributed by atoms with Gasteiger partial charge < -0.3 is 14.9 Å². The molecule has 5 nitrogen and oxygen atoms in total. The van der Waals surface area contributed by atoms with E-state index in [0.717, 1.165) is 58.7 Å². The summed E-state index contributed by atoms with van der Waals surface area (Å²) in [5.41, 5.74) is 5.64. The predicted octanol–water partition coefficient (Wildman–Crippen LogP) is 4.92. The summed E-state index contributed by atoms with van der Waals surface area (Å²) in [6.45, 7) is 8.20. The number of anilines is 1. The maximum atomic E-state index is 13.3. The highest BCUT2D eigenvalue weighted by molar-refractivity contribution is 6.07. The maximum Gasteiger partial charge on any atom is 0.235 e. The molecule has 0 spiro atoms. The molecule has 5 heteroatoms. The summed E-state index contributed by atoms with van der Waals surface area (Å²) in [6.07, 6.45) is 6.54. The number of fused-ring (bicyclic) bond motifs is 1. The quantitative estimate of drug-likeness (QED) is 0.752. The van der Waals surface area contributed by atoms with Crippen LogP contribution in [0.15, 0.2) is 16.7 Å². The second kappa shape index (κ2) is 7.60. The molecule has 2 heterocycles. The van der Waals surface area contributed by atoms with Gasteiger partial charge in [0.05, 0.1) is 11.1 Å². The Morgan fingerprint density at radius 1 is 1.28 bits per heavy atom. The average molecular weight is 397 g/mol. The molecule has 0 saturated heterocycles. The lowest BCUT2D eigenvalue weighted by Crippen LogP contribution is -2.40. The molecule has 1 fully saturated rings. The first-order valence-electron chi connectivity index (χ1n) is 10.9. The molecule has 2 aromatic rings. The molecule has 1 aliphatic heterocycles. The van der Waals surface area contributed by atoms with Crippen LogP contribution in [0.4, 0.5) is 5.69 Å². The Bertz CT molecular complexity index is 907. The lowest BCUT2D eigenvalue weighted by atomic mass is 9.65. The van der Waals surface area contributed by atoms with Crippen LogP contribution < -0.4 is 5.32 Å². The van der Waals surface area contributed by atoms with E-state index < -0.39 is 5.41 Å². The Morgan fingerprint density at radius 2 is 2.00 bits per heavy atom. The highest BCUT2D eigenvalue weighted by Gasteiger charge is 2.50. The van der Waals surface area contributed by atoms with Gasteiger partial charge in [-0.25, -0.2) is 0 Å². The van der Waals surface area contributed by atoms with E-state index in [4.69, 9.17) is 4.52 Å². The number of nitrogens with zero attached hydrogens (tertiary/aromatic N) is 1. The fourth-order valence-corrected chi connectivity index (χ4v) is 5.51. The van der Waals surface area contributed by atoms with E-state index in [1.807, 2.05) is 19.9 Å². The summed E-state index contributed by atoms with van der Waals surface area (Å²) in [4.78, 5) is 13.3. The van der Waals surface area contributed by atoms with Gasteiger partial charge in [0.15, 0.2) is 0 Å². The number of aliphatic hydroxyl groups excluding tert-OH is 1. The van der Waals surface area contributed by atoms with Gasteiger partial charge in [0, 0.05) is 17.9 Å². The molecule has 2 aliphatic rings. The Labute approximate surface area is 172 Å². The molecular weight excluding hydrogens is 364 g/mol. The number of nitrogens with one attached hydrogen (secondary N) is 1. The van der Waals surface area contributed by atoms with Crippen molar-refractivity contribution < 1.29 is 14.4 Å². The lowest BCUT2D eigenvalue weighted by molar-refractivity contribution is -0.122. The molecule has 2 N–H and O–H groups in total. The minimum Gasteiger partial charge on any atom is -0.396 e. The first kappa shape index (κ1) is 20.1. The Kier molecular flexibility index (Phi) is 5.28. The number of aromatic nitrogens is 1. The van der Waals surface area contributed by atoms with E-state index >= 15 is 0 Å².